The topological polar surface area (TPSA) is 36.9 Å². The van der Waals surface area contributed by atoms with Crippen LogP contribution in [0.1, 0.15) is 37.8 Å². The Bertz CT molecular complexity index is 719. The molecule has 0 N–H and O–H groups in total. The molecule has 2 heterocycles. The third-order valence-corrected chi connectivity index (χ3v) is 6.54. The van der Waals surface area contributed by atoms with Crippen LogP contribution in [0.15, 0.2) is 36.4 Å². The summed E-state index contributed by atoms with van der Waals surface area (Å²) >= 11 is 0. The fraction of sp³-hybridized carbons (Fsp3) is 0.583. The fourth-order valence-electron chi connectivity index (χ4n) is 4.06. The molecule has 2 fully saturated rings. The van der Waals surface area contributed by atoms with E-state index in [9.17, 15) is 0 Å². The highest BCUT2D eigenvalue weighted by molar-refractivity contribution is 5.88. The lowest BCUT2D eigenvalue weighted by atomic mass is 9.84. The summed E-state index contributed by atoms with van der Waals surface area (Å²) in [6, 6.07) is 12.9. The zero-order valence-electron chi connectivity index (χ0n) is 17.2. The molecular formula is C24H32O4. The average molecular weight is 385 g/mol. The smallest absolute Gasteiger partial charge is 0.0723 e. The first kappa shape index (κ1) is 19.8. The second-order valence-corrected chi connectivity index (χ2v) is 8.61. The number of hydrogen-bond acceptors (Lipinski definition) is 4. The van der Waals surface area contributed by atoms with Gasteiger partial charge in [0.25, 0.3) is 0 Å². The number of ether oxygens (including phenoxy) is 4. The molecule has 152 valence electrons. The second kappa shape index (κ2) is 8.50. The lowest BCUT2D eigenvalue weighted by Crippen LogP contribution is -2.45. The summed E-state index contributed by atoms with van der Waals surface area (Å²) < 4.78 is 23.1. The van der Waals surface area contributed by atoms with Crippen molar-refractivity contribution < 1.29 is 18.9 Å². The van der Waals surface area contributed by atoms with Gasteiger partial charge in [0.05, 0.1) is 52.9 Å². The minimum Gasteiger partial charge on any atom is -0.380 e. The highest BCUT2D eigenvalue weighted by atomic mass is 16.5. The third-order valence-electron chi connectivity index (χ3n) is 6.54. The van der Waals surface area contributed by atoms with Gasteiger partial charge in [0.15, 0.2) is 0 Å². The Morgan fingerprint density at radius 1 is 0.750 bits per heavy atom. The van der Waals surface area contributed by atoms with Gasteiger partial charge >= 0.3 is 0 Å². The summed E-state index contributed by atoms with van der Waals surface area (Å²) in [7, 11) is 0. The highest BCUT2D eigenvalue weighted by Crippen LogP contribution is 2.33. The van der Waals surface area contributed by atoms with Crippen molar-refractivity contribution in [2.75, 3.05) is 39.6 Å². The van der Waals surface area contributed by atoms with Gasteiger partial charge in [-0.25, -0.2) is 0 Å². The summed E-state index contributed by atoms with van der Waals surface area (Å²) in [5, 5.41) is 2.52. The molecule has 2 aromatic carbocycles. The molecule has 2 aliphatic heterocycles. The van der Waals surface area contributed by atoms with Crippen molar-refractivity contribution in [3.05, 3.63) is 47.5 Å². The largest absolute Gasteiger partial charge is 0.380 e. The Hall–Kier alpha value is -1.46. The molecule has 2 aromatic rings. The maximum atomic E-state index is 6.15. The summed E-state index contributed by atoms with van der Waals surface area (Å²) in [4.78, 5) is 0. The molecule has 0 aliphatic carbocycles. The van der Waals surface area contributed by atoms with Gasteiger partial charge in [0.2, 0.25) is 0 Å². The molecule has 0 spiro atoms. The predicted octanol–water partition coefficient (Wildman–Crippen LogP) is 4.73. The van der Waals surface area contributed by atoms with Gasteiger partial charge in [0, 0.05) is 10.8 Å². The minimum atomic E-state index is 0.218. The van der Waals surface area contributed by atoms with Gasteiger partial charge in [-0.2, -0.15) is 0 Å². The van der Waals surface area contributed by atoms with Gasteiger partial charge in [-0.1, -0.05) is 50.2 Å². The van der Waals surface area contributed by atoms with Crippen molar-refractivity contribution in [2.45, 2.75) is 39.9 Å². The lowest BCUT2D eigenvalue weighted by Gasteiger charge is -2.40. The van der Waals surface area contributed by atoms with E-state index in [4.69, 9.17) is 18.9 Å². The van der Waals surface area contributed by atoms with Crippen LogP contribution in [0.3, 0.4) is 0 Å². The summed E-state index contributed by atoms with van der Waals surface area (Å²) in [6.07, 6.45) is 2.20. The summed E-state index contributed by atoms with van der Waals surface area (Å²) in [5.74, 6) is 0. The molecule has 0 saturated carbocycles. The first-order valence-electron chi connectivity index (χ1n) is 10.5. The number of fused-ring (bicyclic) bond motifs is 1. The number of benzene rings is 2. The van der Waals surface area contributed by atoms with Crippen LogP contribution < -0.4 is 0 Å². The number of rotatable bonds is 10. The van der Waals surface area contributed by atoms with E-state index < -0.39 is 0 Å². The van der Waals surface area contributed by atoms with Crippen LogP contribution in [-0.4, -0.2) is 39.6 Å². The molecule has 0 atom stereocenters. The van der Waals surface area contributed by atoms with Gasteiger partial charge in [-0.3, -0.25) is 0 Å². The molecule has 2 aliphatic rings. The van der Waals surface area contributed by atoms with Crippen molar-refractivity contribution in [1.82, 2.24) is 0 Å². The zero-order chi connectivity index (χ0) is 19.5. The van der Waals surface area contributed by atoms with E-state index in [-0.39, 0.29) is 10.8 Å². The van der Waals surface area contributed by atoms with Crippen LogP contribution in [0, 0.1) is 10.8 Å². The predicted molar refractivity (Wildman–Crippen MR) is 110 cm³/mol. The van der Waals surface area contributed by atoms with Crippen molar-refractivity contribution in [2.24, 2.45) is 10.8 Å². The molecule has 0 amide bonds. The van der Waals surface area contributed by atoms with E-state index in [1.165, 1.54) is 21.9 Å². The highest BCUT2D eigenvalue weighted by Gasteiger charge is 2.37. The van der Waals surface area contributed by atoms with E-state index in [1.807, 2.05) is 0 Å². The first-order valence-corrected chi connectivity index (χ1v) is 10.5. The molecule has 4 nitrogen and oxygen atoms in total. The summed E-state index contributed by atoms with van der Waals surface area (Å²) in [6.45, 7) is 10.5. The first-order chi connectivity index (χ1) is 13.7. The van der Waals surface area contributed by atoms with E-state index in [2.05, 4.69) is 50.2 Å². The van der Waals surface area contributed by atoms with E-state index >= 15 is 0 Å². The molecule has 4 heteroatoms. The van der Waals surface area contributed by atoms with Gasteiger partial charge in [0.1, 0.15) is 0 Å². The zero-order valence-corrected chi connectivity index (χ0v) is 17.2. The normalized spacial score (nSPS) is 19.9. The molecule has 0 unspecified atom stereocenters. The van der Waals surface area contributed by atoms with Gasteiger partial charge < -0.3 is 18.9 Å². The van der Waals surface area contributed by atoms with Crippen molar-refractivity contribution in [1.29, 1.82) is 0 Å². The maximum absolute atomic E-state index is 6.15. The van der Waals surface area contributed by atoms with Crippen LogP contribution in [0.4, 0.5) is 0 Å². The monoisotopic (exact) mass is 384 g/mol. The lowest BCUT2D eigenvalue weighted by molar-refractivity contribution is -0.152. The van der Waals surface area contributed by atoms with Gasteiger partial charge in [-0.05, 0) is 34.7 Å². The Labute approximate surface area is 168 Å². The van der Waals surface area contributed by atoms with Crippen molar-refractivity contribution in [3.63, 3.8) is 0 Å². The van der Waals surface area contributed by atoms with Gasteiger partial charge in [-0.15, -0.1) is 0 Å². The Morgan fingerprint density at radius 3 is 1.57 bits per heavy atom. The maximum Gasteiger partial charge on any atom is 0.0723 e. The van der Waals surface area contributed by atoms with Crippen molar-refractivity contribution in [3.8, 4) is 0 Å². The van der Waals surface area contributed by atoms with E-state index in [0.717, 1.165) is 52.5 Å². The molecule has 0 radical (unpaired) electrons. The summed E-state index contributed by atoms with van der Waals surface area (Å²) in [5.41, 5.74) is 2.91. The average Bonchev–Trinajstić information content (AvgIpc) is 2.66. The Kier molecular flexibility index (Phi) is 6.02. The Balaban J connectivity index is 1.44. The van der Waals surface area contributed by atoms with E-state index in [0.29, 0.717) is 13.2 Å². The van der Waals surface area contributed by atoms with Crippen LogP contribution in [-0.2, 0) is 32.2 Å². The minimum absolute atomic E-state index is 0.218. The standard InChI is InChI=1S/C24H32O4/c1-3-23(15-27-16-23)13-25-11-20-9-5-7-19-8-6-10-21(22(19)20)12-26-14-24(4-2)17-28-18-24/h5-10H,3-4,11-18H2,1-2H3. The van der Waals surface area contributed by atoms with Crippen LogP contribution in [0.2, 0.25) is 0 Å². The SMILES string of the molecule is CCC1(COCc2cccc3cccc(COCC4(CC)COC4)c23)COC1. The van der Waals surface area contributed by atoms with Crippen LogP contribution in [0.5, 0.6) is 0 Å². The fourth-order valence-corrected chi connectivity index (χ4v) is 4.06. The van der Waals surface area contributed by atoms with Crippen molar-refractivity contribution >= 4 is 10.8 Å². The van der Waals surface area contributed by atoms with E-state index in [1.54, 1.807) is 0 Å². The number of hydrogen-bond donors (Lipinski definition) is 0. The van der Waals surface area contributed by atoms with Crippen LogP contribution in [0.25, 0.3) is 10.8 Å². The molecule has 0 bridgehead atoms. The molecular weight excluding hydrogens is 352 g/mol. The van der Waals surface area contributed by atoms with Crippen LogP contribution >= 0.6 is 0 Å². The molecule has 0 aromatic heterocycles. The second-order valence-electron chi connectivity index (χ2n) is 8.61. The third kappa shape index (κ3) is 3.97. The molecule has 4 rings (SSSR count). The Morgan fingerprint density at radius 2 is 1.21 bits per heavy atom. The molecule has 2 saturated heterocycles. The molecule has 28 heavy (non-hydrogen) atoms. The quantitative estimate of drug-likeness (QED) is 0.594.